The van der Waals surface area contributed by atoms with Crippen molar-refractivity contribution in [1.29, 1.82) is 0 Å². The van der Waals surface area contributed by atoms with Gasteiger partial charge in [-0.1, -0.05) is 0 Å². The Bertz CT molecular complexity index is 392. The number of likely N-dealkylation sites (tertiary alicyclic amines) is 1. The number of rotatable bonds is 4. The number of hydrogen-bond donors (Lipinski definition) is 2. The van der Waals surface area contributed by atoms with E-state index in [1.54, 1.807) is 6.07 Å². The predicted molar refractivity (Wildman–Crippen MR) is 69.1 cm³/mol. The minimum atomic E-state index is 0.0536. The summed E-state index contributed by atoms with van der Waals surface area (Å²) in [5.41, 5.74) is 6.35. The molecule has 0 aliphatic carbocycles. The monoisotopic (exact) mass is 254 g/mol. The van der Waals surface area contributed by atoms with Crippen molar-refractivity contribution in [1.82, 2.24) is 4.90 Å². The molecular formula is C12H18N2O2S. The highest BCUT2D eigenvalue weighted by molar-refractivity contribution is 7.12. The Morgan fingerprint density at radius 1 is 1.65 bits per heavy atom. The Labute approximate surface area is 105 Å². The Hall–Kier alpha value is -1.07. The zero-order valence-corrected chi connectivity index (χ0v) is 10.6. The van der Waals surface area contributed by atoms with Gasteiger partial charge in [0.05, 0.1) is 5.69 Å². The lowest BCUT2D eigenvalue weighted by Gasteiger charge is -2.24. The van der Waals surface area contributed by atoms with E-state index in [9.17, 15) is 4.79 Å². The molecular weight excluding hydrogens is 236 g/mol. The van der Waals surface area contributed by atoms with Gasteiger partial charge in [-0.2, -0.15) is 0 Å². The van der Waals surface area contributed by atoms with E-state index < -0.39 is 0 Å². The molecule has 1 amide bonds. The van der Waals surface area contributed by atoms with E-state index in [0.717, 1.165) is 32.2 Å². The molecule has 1 aromatic rings. The number of carbonyl (C=O) groups excluding carboxylic acids is 1. The van der Waals surface area contributed by atoms with Crippen LogP contribution in [0.5, 0.6) is 0 Å². The molecule has 5 heteroatoms. The quantitative estimate of drug-likeness (QED) is 0.859. The fraction of sp³-hybridized carbons (Fsp3) is 0.583. The molecule has 1 aromatic heterocycles. The first kappa shape index (κ1) is 12.4. The van der Waals surface area contributed by atoms with E-state index >= 15 is 0 Å². The van der Waals surface area contributed by atoms with Crippen LogP contribution in [0.2, 0.25) is 0 Å². The first-order chi connectivity index (χ1) is 8.24. The normalized spacial score (nSPS) is 19.8. The van der Waals surface area contributed by atoms with Gasteiger partial charge in [0.15, 0.2) is 0 Å². The number of carbonyl (C=O) groups is 1. The fourth-order valence-corrected chi connectivity index (χ4v) is 3.13. The topological polar surface area (TPSA) is 66.6 Å². The van der Waals surface area contributed by atoms with Crippen LogP contribution in [0.25, 0.3) is 0 Å². The van der Waals surface area contributed by atoms with Gasteiger partial charge < -0.3 is 15.7 Å². The summed E-state index contributed by atoms with van der Waals surface area (Å²) in [7, 11) is 0. The highest BCUT2D eigenvalue weighted by Crippen LogP contribution is 2.27. The molecule has 1 unspecified atom stereocenters. The van der Waals surface area contributed by atoms with Crippen molar-refractivity contribution in [2.45, 2.75) is 31.7 Å². The molecule has 3 N–H and O–H groups in total. The van der Waals surface area contributed by atoms with Crippen LogP contribution < -0.4 is 5.73 Å². The van der Waals surface area contributed by atoms with Gasteiger partial charge >= 0.3 is 0 Å². The Morgan fingerprint density at radius 3 is 3.12 bits per heavy atom. The maximum atomic E-state index is 12.3. The number of aliphatic hydroxyl groups is 1. The molecule has 17 heavy (non-hydrogen) atoms. The lowest BCUT2D eigenvalue weighted by atomic mass is 10.1. The molecule has 1 aliphatic heterocycles. The number of nitrogens with zero attached hydrogens (tertiary/aromatic N) is 1. The molecule has 2 rings (SSSR count). The van der Waals surface area contributed by atoms with Crippen molar-refractivity contribution in [2.24, 2.45) is 0 Å². The Kier molecular flexibility index (Phi) is 4.02. The summed E-state index contributed by atoms with van der Waals surface area (Å²) in [6.45, 7) is 1.01. The molecule has 0 bridgehead atoms. The molecule has 94 valence electrons. The number of nitrogens with two attached hydrogens (primary N) is 1. The van der Waals surface area contributed by atoms with E-state index in [2.05, 4.69) is 0 Å². The minimum Gasteiger partial charge on any atom is -0.397 e. The van der Waals surface area contributed by atoms with Crippen molar-refractivity contribution < 1.29 is 9.90 Å². The standard InChI is InChI=1S/C12H18N2O2S/c13-10-5-8-17-11(10)12(16)14-6-1-3-9(14)4-2-7-15/h5,8-9,15H,1-4,6-7,13H2. The van der Waals surface area contributed by atoms with Gasteiger partial charge in [-0.3, -0.25) is 4.79 Å². The lowest BCUT2D eigenvalue weighted by Crippen LogP contribution is -2.35. The third-order valence-electron chi connectivity index (χ3n) is 3.22. The molecule has 1 fully saturated rings. The van der Waals surface area contributed by atoms with Gasteiger partial charge in [-0.25, -0.2) is 0 Å². The highest BCUT2D eigenvalue weighted by atomic mass is 32.1. The van der Waals surface area contributed by atoms with Gasteiger partial charge in [-0.15, -0.1) is 11.3 Å². The van der Waals surface area contributed by atoms with Crippen LogP contribution in [0, 0.1) is 0 Å². The Morgan fingerprint density at radius 2 is 2.47 bits per heavy atom. The first-order valence-electron chi connectivity index (χ1n) is 5.99. The van der Waals surface area contributed by atoms with Crippen LogP contribution in [0.3, 0.4) is 0 Å². The summed E-state index contributed by atoms with van der Waals surface area (Å²) in [4.78, 5) is 14.9. The highest BCUT2D eigenvalue weighted by Gasteiger charge is 2.30. The van der Waals surface area contributed by atoms with Gasteiger partial charge in [-0.05, 0) is 37.1 Å². The maximum Gasteiger partial charge on any atom is 0.266 e. The summed E-state index contributed by atoms with van der Waals surface area (Å²) >= 11 is 1.40. The SMILES string of the molecule is Nc1ccsc1C(=O)N1CCCC1CCCO. The van der Waals surface area contributed by atoms with Crippen LogP contribution in [0.4, 0.5) is 5.69 Å². The molecule has 0 radical (unpaired) electrons. The van der Waals surface area contributed by atoms with Crippen LogP contribution >= 0.6 is 11.3 Å². The molecule has 2 heterocycles. The van der Waals surface area contributed by atoms with E-state index in [1.165, 1.54) is 11.3 Å². The molecule has 1 atom stereocenters. The predicted octanol–water partition coefficient (Wildman–Crippen LogP) is 1.71. The van der Waals surface area contributed by atoms with Gasteiger partial charge in [0.2, 0.25) is 0 Å². The number of anilines is 1. The van der Waals surface area contributed by atoms with Crippen molar-refractivity contribution in [3.8, 4) is 0 Å². The lowest BCUT2D eigenvalue weighted by molar-refractivity contribution is 0.0730. The van der Waals surface area contributed by atoms with E-state index in [4.69, 9.17) is 10.8 Å². The average molecular weight is 254 g/mol. The molecule has 1 aliphatic rings. The summed E-state index contributed by atoms with van der Waals surface area (Å²) < 4.78 is 0. The van der Waals surface area contributed by atoms with E-state index in [1.807, 2.05) is 10.3 Å². The van der Waals surface area contributed by atoms with E-state index in [-0.39, 0.29) is 18.6 Å². The first-order valence-corrected chi connectivity index (χ1v) is 6.87. The summed E-state index contributed by atoms with van der Waals surface area (Å²) in [6, 6.07) is 2.05. The average Bonchev–Trinajstić information content (AvgIpc) is 2.94. The third kappa shape index (κ3) is 2.61. The molecule has 1 saturated heterocycles. The second-order valence-corrected chi connectivity index (χ2v) is 5.28. The number of aliphatic hydroxyl groups excluding tert-OH is 1. The summed E-state index contributed by atoms with van der Waals surface area (Å²) in [6.07, 6.45) is 3.73. The molecule has 4 nitrogen and oxygen atoms in total. The Balaban J connectivity index is 2.06. The van der Waals surface area contributed by atoms with Gasteiger partial charge in [0.1, 0.15) is 4.88 Å². The number of thiophene rings is 1. The largest absolute Gasteiger partial charge is 0.397 e. The number of amides is 1. The number of nitrogen functional groups attached to an aromatic ring is 1. The van der Waals surface area contributed by atoms with Gasteiger partial charge in [0, 0.05) is 19.2 Å². The zero-order valence-electron chi connectivity index (χ0n) is 9.76. The zero-order chi connectivity index (χ0) is 12.3. The van der Waals surface area contributed by atoms with Crippen molar-refractivity contribution in [3.05, 3.63) is 16.3 Å². The van der Waals surface area contributed by atoms with Crippen LogP contribution in [0.1, 0.15) is 35.4 Å². The van der Waals surface area contributed by atoms with Crippen LogP contribution in [-0.2, 0) is 0 Å². The second-order valence-electron chi connectivity index (χ2n) is 4.37. The van der Waals surface area contributed by atoms with Crippen molar-refractivity contribution >= 4 is 22.9 Å². The summed E-state index contributed by atoms with van der Waals surface area (Å²) in [5, 5.41) is 10.7. The van der Waals surface area contributed by atoms with Crippen LogP contribution in [0.15, 0.2) is 11.4 Å². The minimum absolute atomic E-state index is 0.0536. The van der Waals surface area contributed by atoms with Crippen molar-refractivity contribution in [3.63, 3.8) is 0 Å². The molecule has 0 spiro atoms. The third-order valence-corrected chi connectivity index (χ3v) is 4.14. The molecule has 0 saturated carbocycles. The van der Waals surface area contributed by atoms with Gasteiger partial charge in [0.25, 0.3) is 5.91 Å². The summed E-state index contributed by atoms with van der Waals surface area (Å²) in [5.74, 6) is 0.0536. The molecule has 0 aromatic carbocycles. The van der Waals surface area contributed by atoms with Crippen LogP contribution in [-0.4, -0.2) is 35.1 Å². The second kappa shape index (κ2) is 5.51. The van der Waals surface area contributed by atoms with Crippen molar-refractivity contribution in [2.75, 3.05) is 18.9 Å². The smallest absolute Gasteiger partial charge is 0.266 e. The maximum absolute atomic E-state index is 12.3. The number of hydrogen-bond acceptors (Lipinski definition) is 4. The van der Waals surface area contributed by atoms with E-state index in [0.29, 0.717) is 10.6 Å². The fourth-order valence-electron chi connectivity index (χ4n) is 2.35.